The van der Waals surface area contributed by atoms with E-state index in [0.29, 0.717) is 0 Å². The van der Waals surface area contributed by atoms with Crippen LogP contribution in [0, 0.1) is 5.92 Å². The summed E-state index contributed by atoms with van der Waals surface area (Å²) in [7, 11) is 0. The summed E-state index contributed by atoms with van der Waals surface area (Å²) in [5.41, 5.74) is -0.798. The van der Waals surface area contributed by atoms with Gasteiger partial charge in [-0.05, 0) is 40.5 Å². The molecule has 0 bridgehead atoms. The molecule has 0 aromatic heterocycles. The first kappa shape index (κ1) is 17.7. The molecule has 1 N–H and O–H groups in total. The molecule has 122 valence electrons. The maximum absolute atomic E-state index is 14.0. The van der Waals surface area contributed by atoms with Crippen LogP contribution < -0.4 is 5.32 Å². The smallest absolute Gasteiger partial charge is 0.408 e. The van der Waals surface area contributed by atoms with Gasteiger partial charge in [0, 0.05) is 6.42 Å². The highest BCUT2D eigenvalue weighted by Crippen LogP contribution is 2.37. The number of carbonyl (C=O) groups is 2. The van der Waals surface area contributed by atoms with Crippen molar-refractivity contribution >= 4 is 12.1 Å². The van der Waals surface area contributed by atoms with Gasteiger partial charge in [0.15, 0.2) is 0 Å². The second-order valence-corrected chi connectivity index (χ2v) is 6.14. The van der Waals surface area contributed by atoms with Crippen molar-refractivity contribution in [2.45, 2.75) is 64.5 Å². The standard InChI is InChI=1S/C14H23F2NO4/c1-5-20-11(18)9-7-6-8-14(15,16)10(9)17-12(19)21-13(2,3)4/h9-10H,5-8H2,1-4H3,(H,17,19). The van der Waals surface area contributed by atoms with Crippen molar-refractivity contribution in [3.8, 4) is 0 Å². The van der Waals surface area contributed by atoms with E-state index in [1.54, 1.807) is 27.7 Å². The van der Waals surface area contributed by atoms with Crippen LogP contribution in [-0.4, -0.2) is 36.2 Å². The van der Waals surface area contributed by atoms with Crippen molar-refractivity contribution in [2.24, 2.45) is 5.92 Å². The molecule has 1 amide bonds. The van der Waals surface area contributed by atoms with E-state index < -0.39 is 35.5 Å². The fraction of sp³-hybridized carbons (Fsp3) is 0.857. The van der Waals surface area contributed by atoms with Crippen LogP contribution in [0.25, 0.3) is 0 Å². The average molecular weight is 307 g/mol. The topological polar surface area (TPSA) is 64.6 Å². The maximum atomic E-state index is 14.0. The Balaban J connectivity index is 2.84. The van der Waals surface area contributed by atoms with Gasteiger partial charge in [-0.2, -0.15) is 0 Å². The summed E-state index contributed by atoms with van der Waals surface area (Å²) in [4.78, 5) is 23.5. The van der Waals surface area contributed by atoms with Gasteiger partial charge in [0.05, 0.1) is 12.5 Å². The van der Waals surface area contributed by atoms with Crippen molar-refractivity contribution in [3.05, 3.63) is 0 Å². The zero-order chi connectivity index (χ0) is 16.3. The SMILES string of the molecule is CCOC(=O)C1CCCC(F)(F)C1NC(=O)OC(C)(C)C. The van der Waals surface area contributed by atoms with Crippen molar-refractivity contribution in [1.82, 2.24) is 5.32 Å². The number of hydrogen-bond acceptors (Lipinski definition) is 4. The zero-order valence-electron chi connectivity index (χ0n) is 12.9. The summed E-state index contributed by atoms with van der Waals surface area (Å²) < 4.78 is 37.9. The molecule has 0 aromatic carbocycles. The highest BCUT2D eigenvalue weighted by molar-refractivity contribution is 5.76. The zero-order valence-corrected chi connectivity index (χ0v) is 12.9. The van der Waals surface area contributed by atoms with Crippen LogP contribution in [0.15, 0.2) is 0 Å². The number of esters is 1. The Morgan fingerprint density at radius 2 is 1.95 bits per heavy atom. The van der Waals surface area contributed by atoms with Gasteiger partial charge in [-0.1, -0.05) is 0 Å². The third kappa shape index (κ3) is 5.13. The number of rotatable bonds is 3. The Morgan fingerprint density at radius 1 is 1.33 bits per heavy atom. The lowest BCUT2D eigenvalue weighted by molar-refractivity contribution is -0.159. The average Bonchev–Trinajstić information content (AvgIpc) is 2.29. The van der Waals surface area contributed by atoms with Crippen LogP contribution in [0.3, 0.4) is 0 Å². The van der Waals surface area contributed by atoms with Crippen molar-refractivity contribution in [3.63, 3.8) is 0 Å². The van der Waals surface area contributed by atoms with Crippen LogP contribution in [0.2, 0.25) is 0 Å². The van der Waals surface area contributed by atoms with Gasteiger partial charge >= 0.3 is 12.1 Å². The summed E-state index contributed by atoms with van der Waals surface area (Å²) in [6.07, 6.45) is -0.857. The van der Waals surface area contributed by atoms with Gasteiger partial charge in [-0.3, -0.25) is 4.79 Å². The predicted molar refractivity (Wildman–Crippen MR) is 72.1 cm³/mol. The summed E-state index contributed by atoms with van der Waals surface area (Å²) in [5, 5.41) is 2.14. The van der Waals surface area contributed by atoms with Gasteiger partial charge in [-0.25, -0.2) is 13.6 Å². The monoisotopic (exact) mass is 307 g/mol. The normalized spacial score (nSPS) is 25.0. The minimum atomic E-state index is -3.16. The Labute approximate surface area is 123 Å². The fourth-order valence-electron chi connectivity index (χ4n) is 2.32. The van der Waals surface area contributed by atoms with E-state index in [9.17, 15) is 18.4 Å². The van der Waals surface area contributed by atoms with E-state index in [1.807, 2.05) is 0 Å². The van der Waals surface area contributed by atoms with Crippen LogP contribution >= 0.6 is 0 Å². The number of ether oxygens (including phenoxy) is 2. The molecule has 0 aromatic rings. The predicted octanol–water partition coefficient (Wildman–Crippen LogP) is 2.88. The maximum Gasteiger partial charge on any atom is 0.408 e. The first-order chi connectivity index (χ1) is 9.57. The summed E-state index contributed by atoms with van der Waals surface area (Å²) in [5.74, 6) is -4.92. The molecule has 1 aliphatic carbocycles. The second-order valence-electron chi connectivity index (χ2n) is 6.14. The lowest BCUT2D eigenvalue weighted by atomic mass is 9.81. The molecule has 7 heteroatoms. The lowest BCUT2D eigenvalue weighted by Crippen LogP contribution is -2.57. The molecular formula is C14H23F2NO4. The largest absolute Gasteiger partial charge is 0.466 e. The van der Waals surface area contributed by atoms with Crippen LogP contribution in [-0.2, 0) is 14.3 Å². The molecule has 0 radical (unpaired) electrons. The molecule has 0 aliphatic heterocycles. The molecule has 0 spiro atoms. The van der Waals surface area contributed by atoms with Crippen LogP contribution in [0.5, 0.6) is 0 Å². The number of alkyl carbamates (subject to hydrolysis) is 1. The number of nitrogens with one attached hydrogen (secondary N) is 1. The van der Waals surface area contributed by atoms with Crippen molar-refractivity contribution in [2.75, 3.05) is 6.61 Å². The Morgan fingerprint density at radius 3 is 2.48 bits per heavy atom. The summed E-state index contributed by atoms with van der Waals surface area (Å²) in [6.45, 7) is 6.62. The molecule has 1 rings (SSSR count). The highest BCUT2D eigenvalue weighted by Gasteiger charge is 2.51. The quantitative estimate of drug-likeness (QED) is 0.814. The van der Waals surface area contributed by atoms with Gasteiger partial charge in [0.25, 0.3) is 5.92 Å². The lowest BCUT2D eigenvalue weighted by Gasteiger charge is -2.37. The molecule has 1 saturated carbocycles. The molecule has 1 fully saturated rings. The van der Waals surface area contributed by atoms with E-state index >= 15 is 0 Å². The van der Waals surface area contributed by atoms with E-state index in [1.165, 1.54) is 0 Å². The first-order valence-electron chi connectivity index (χ1n) is 7.11. The Hall–Kier alpha value is -1.40. The van der Waals surface area contributed by atoms with Gasteiger partial charge in [0.1, 0.15) is 11.6 Å². The highest BCUT2D eigenvalue weighted by atomic mass is 19.3. The molecule has 5 nitrogen and oxygen atoms in total. The molecule has 1 aliphatic rings. The number of amides is 1. The Kier molecular flexibility index (Phi) is 5.53. The second kappa shape index (κ2) is 6.58. The summed E-state index contributed by atoms with van der Waals surface area (Å²) in [6, 6.07) is -1.60. The number of halogens is 2. The van der Waals surface area contributed by atoms with Crippen LogP contribution in [0.1, 0.15) is 47.0 Å². The number of carbonyl (C=O) groups excluding carboxylic acids is 2. The molecule has 2 atom stereocenters. The van der Waals surface area contributed by atoms with E-state index in [2.05, 4.69) is 5.32 Å². The minimum absolute atomic E-state index is 0.111. The Bertz CT molecular complexity index is 393. The molecule has 0 saturated heterocycles. The molecule has 2 unspecified atom stereocenters. The van der Waals surface area contributed by atoms with E-state index in [-0.39, 0.29) is 25.9 Å². The van der Waals surface area contributed by atoms with Gasteiger partial charge in [0.2, 0.25) is 0 Å². The van der Waals surface area contributed by atoms with E-state index in [0.717, 1.165) is 0 Å². The number of hydrogen-bond donors (Lipinski definition) is 1. The first-order valence-corrected chi connectivity index (χ1v) is 7.11. The number of alkyl halides is 2. The molecule has 21 heavy (non-hydrogen) atoms. The molecule has 0 heterocycles. The molecular weight excluding hydrogens is 284 g/mol. The fourth-order valence-corrected chi connectivity index (χ4v) is 2.32. The van der Waals surface area contributed by atoms with Gasteiger partial charge < -0.3 is 14.8 Å². The van der Waals surface area contributed by atoms with Crippen LogP contribution in [0.4, 0.5) is 13.6 Å². The van der Waals surface area contributed by atoms with Crippen molar-refractivity contribution < 1.29 is 27.8 Å². The summed E-state index contributed by atoms with van der Waals surface area (Å²) >= 11 is 0. The minimum Gasteiger partial charge on any atom is -0.466 e. The van der Waals surface area contributed by atoms with Crippen molar-refractivity contribution in [1.29, 1.82) is 0 Å². The third-order valence-corrected chi connectivity index (χ3v) is 3.14. The van der Waals surface area contributed by atoms with E-state index in [4.69, 9.17) is 9.47 Å². The third-order valence-electron chi connectivity index (χ3n) is 3.14. The van der Waals surface area contributed by atoms with Gasteiger partial charge in [-0.15, -0.1) is 0 Å².